The van der Waals surface area contributed by atoms with Crippen molar-refractivity contribution in [3.05, 3.63) is 32.9 Å². The van der Waals surface area contributed by atoms with Crippen molar-refractivity contribution >= 4 is 11.6 Å². The third kappa shape index (κ3) is 4.29. The standard InChI is InChI=1S/C9H12ClFN2O4/c10-1-2-16-3-4-17-6-13-8(14)7(11)5-12-9(13)15/h5H,1-4,6H2,(H,12,15). The van der Waals surface area contributed by atoms with E-state index in [9.17, 15) is 14.0 Å². The summed E-state index contributed by atoms with van der Waals surface area (Å²) in [6.07, 6.45) is 0.713. The van der Waals surface area contributed by atoms with Gasteiger partial charge in [0.25, 0.3) is 5.56 Å². The summed E-state index contributed by atoms with van der Waals surface area (Å²) < 4.78 is 23.5. The number of nitrogens with zero attached hydrogens (tertiary/aromatic N) is 1. The molecule has 0 fully saturated rings. The van der Waals surface area contributed by atoms with Gasteiger partial charge in [0.15, 0.2) is 0 Å². The number of H-pyrrole nitrogens is 1. The highest BCUT2D eigenvalue weighted by atomic mass is 35.5. The molecule has 1 heterocycles. The van der Waals surface area contributed by atoms with E-state index in [0.717, 1.165) is 0 Å². The maximum Gasteiger partial charge on any atom is 0.330 e. The molecule has 96 valence electrons. The molecular weight excluding hydrogens is 255 g/mol. The summed E-state index contributed by atoms with van der Waals surface area (Å²) in [7, 11) is 0. The Kier molecular flexibility index (Phi) is 5.88. The Labute approximate surface area is 101 Å². The summed E-state index contributed by atoms with van der Waals surface area (Å²) in [6.45, 7) is 0.537. The molecule has 0 spiro atoms. The minimum absolute atomic E-state index is 0.180. The lowest BCUT2D eigenvalue weighted by atomic mass is 10.6. The number of rotatable bonds is 7. The summed E-state index contributed by atoms with van der Waals surface area (Å²) in [5, 5.41) is 0. The largest absolute Gasteiger partial charge is 0.378 e. The summed E-state index contributed by atoms with van der Waals surface area (Å²) in [4.78, 5) is 24.4. The second-order valence-electron chi connectivity index (χ2n) is 3.01. The maximum atomic E-state index is 12.8. The fourth-order valence-corrected chi connectivity index (χ4v) is 1.14. The van der Waals surface area contributed by atoms with E-state index in [4.69, 9.17) is 21.1 Å². The van der Waals surface area contributed by atoms with E-state index in [1.54, 1.807) is 0 Å². The van der Waals surface area contributed by atoms with Crippen LogP contribution in [0.3, 0.4) is 0 Å². The summed E-state index contributed by atoms with van der Waals surface area (Å²) in [5.74, 6) is -0.658. The van der Waals surface area contributed by atoms with E-state index >= 15 is 0 Å². The van der Waals surface area contributed by atoms with Gasteiger partial charge in [-0.3, -0.25) is 4.79 Å². The van der Waals surface area contributed by atoms with Gasteiger partial charge >= 0.3 is 5.69 Å². The first-order chi connectivity index (χ1) is 8.16. The van der Waals surface area contributed by atoms with Crippen LogP contribution in [0.2, 0.25) is 0 Å². The third-order valence-electron chi connectivity index (χ3n) is 1.83. The Balaban J connectivity index is 2.45. The minimum atomic E-state index is -1.04. The molecule has 0 amide bonds. The van der Waals surface area contributed by atoms with Gasteiger partial charge in [0.05, 0.1) is 19.8 Å². The number of hydrogen-bond acceptors (Lipinski definition) is 4. The Hall–Kier alpha value is -1.18. The highest BCUT2D eigenvalue weighted by molar-refractivity contribution is 6.17. The quantitative estimate of drug-likeness (QED) is 0.553. The van der Waals surface area contributed by atoms with Crippen LogP contribution >= 0.6 is 11.6 Å². The molecular formula is C9H12ClFN2O4. The van der Waals surface area contributed by atoms with Crippen LogP contribution in [0.25, 0.3) is 0 Å². The van der Waals surface area contributed by atoms with Gasteiger partial charge in [0.2, 0.25) is 5.82 Å². The highest BCUT2D eigenvalue weighted by Gasteiger charge is 2.05. The van der Waals surface area contributed by atoms with E-state index in [0.29, 0.717) is 23.3 Å². The van der Waals surface area contributed by atoms with Crippen LogP contribution in [0.15, 0.2) is 15.8 Å². The molecule has 1 rings (SSSR count). The molecule has 0 aliphatic heterocycles. The SMILES string of the molecule is O=c1[nH]cc(F)c(=O)n1COCCOCCCl. The van der Waals surface area contributed by atoms with Gasteiger partial charge in [0.1, 0.15) is 6.73 Å². The lowest BCUT2D eigenvalue weighted by Gasteiger charge is -2.06. The van der Waals surface area contributed by atoms with Gasteiger partial charge in [-0.05, 0) is 0 Å². The zero-order valence-electron chi connectivity index (χ0n) is 8.95. The smallest absolute Gasteiger partial charge is 0.330 e. The molecule has 0 aromatic carbocycles. The molecule has 0 radical (unpaired) electrons. The Bertz CT molecular complexity index is 459. The normalized spacial score (nSPS) is 10.7. The fourth-order valence-electron chi connectivity index (χ4n) is 1.03. The van der Waals surface area contributed by atoms with E-state index in [-0.39, 0.29) is 19.9 Å². The number of hydrogen-bond donors (Lipinski definition) is 1. The molecule has 0 aliphatic rings. The molecule has 17 heavy (non-hydrogen) atoms. The molecule has 0 unspecified atom stereocenters. The van der Waals surface area contributed by atoms with Crippen LogP contribution in [0.4, 0.5) is 4.39 Å². The van der Waals surface area contributed by atoms with Crippen molar-refractivity contribution in [2.75, 3.05) is 25.7 Å². The average Bonchev–Trinajstić information content (AvgIpc) is 2.32. The van der Waals surface area contributed by atoms with Crippen molar-refractivity contribution in [2.45, 2.75) is 6.73 Å². The number of ether oxygens (including phenoxy) is 2. The van der Waals surface area contributed by atoms with Crippen LogP contribution in [-0.4, -0.2) is 35.3 Å². The van der Waals surface area contributed by atoms with Crippen molar-refractivity contribution in [3.8, 4) is 0 Å². The molecule has 0 saturated heterocycles. The van der Waals surface area contributed by atoms with Crippen molar-refractivity contribution in [2.24, 2.45) is 0 Å². The average molecular weight is 267 g/mol. The number of aromatic amines is 1. The van der Waals surface area contributed by atoms with Crippen LogP contribution < -0.4 is 11.2 Å². The van der Waals surface area contributed by atoms with Crippen LogP contribution in [0, 0.1) is 5.82 Å². The van der Waals surface area contributed by atoms with Gasteiger partial charge in [-0.2, -0.15) is 4.39 Å². The molecule has 1 aromatic heterocycles. The molecule has 0 atom stereocenters. The van der Waals surface area contributed by atoms with Crippen molar-refractivity contribution in [1.29, 1.82) is 0 Å². The summed E-state index contributed by atoms with van der Waals surface area (Å²) >= 11 is 5.37. The van der Waals surface area contributed by atoms with Gasteiger partial charge < -0.3 is 14.5 Å². The highest BCUT2D eigenvalue weighted by Crippen LogP contribution is 1.84. The summed E-state index contributed by atoms with van der Waals surface area (Å²) in [6, 6.07) is 0. The lowest BCUT2D eigenvalue weighted by molar-refractivity contribution is 0.0193. The molecule has 0 bridgehead atoms. The maximum absolute atomic E-state index is 12.8. The zero-order chi connectivity index (χ0) is 12.7. The third-order valence-corrected chi connectivity index (χ3v) is 1.99. The Morgan fingerprint density at radius 2 is 2.00 bits per heavy atom. The molecule has 0 aliphatic carbocycles. The second kappa shape index (κ2) is 7.21. The topological polar surface area (TPSA) is 73.3 Å². The molecule has 6 nitrogen and oxygen atoms in total. The van der Waals surface area contributed by atoms with Gasteiger partial charge in [-0.15, -0.1) is 11.6 Å². The first-order valence-corrected chi connectivity index (χ1v) is 5.39. The monoisotopic (exact) mass is 266 g/mol. The predicted molar refractivity (Wildman–Crippen MR) is 58.8 cm³/mol. The molecule has 8 heteroatoms. The number of nitrogens with one attached hydrogen (secondary N) is 1. The van der Waals surface area contributed by atoms with E-state index < -0.39 is 17.1 Å². The van der Waals surface area contributed by atoms with Crippen molar-refractivity contribution in [1.82, 2.24) is 9.55 Å². The Morgan fingerprint density at radius 1 is 1.29 bits per heavy atom. The van der Waals surface area contributed by atoms with E-state index in [1.807, 2.05) is 0 Å². The van der Waals surface area contributed by atoms with Gasteiger partial charge in [-0.1, -0.05) is 0 Å². The van der Waals surface area contributed by atoms with Crippen LogP contribution in [0.1, 0.15) is 0 Å². The number of aromatic nitrogens is 2. The predicted octanol–water partition coefficient (Wildman–Crippen LogP) is -0.0948. The first kappa shape index (κ1) is 13.9. The number of alkyl halides is 1. The van der Waals surface area contributed by atoms with Crippen LogP contribution in [0.5, 0.6) is 0 Å². The fraction of sp³-hybridized carbons (Fsp3) is 0.556. The molecule has 1 aromatic rings. The first-order valence-electron chi connectivity index (χ1n) is 4.86. The zero-order valence-corrected chi connectivity index (χ0v) is 9.70. The minimum Gasteiger partial charge on any atom is -0.378 e. The lowest BCUT2D eigenvalue weighted by Crippen LogP contribution is -2.37. The Morgan fingerprint density at radius 3 is 2.71 bits per heavy atom. The summed E-state index contributed by atoms with van der Waals surface area (Å²) in [5.41, 5.74) is -1.74. The van der Waals surface area contributed by atoms with Crippen molar-refractivity contribution in [3.63, 3.8) is 0 Å². The van der Waals surface area contributed by atoms with Gasteiger partial charge in [0, 0.05) is 12.1 Å². The number of halogens is 2. The molecule has 1 N–H and O–H groups in total. The van der Waals surface area contributed by atoms with Crippen molar-refractivity contribution < 1.29 is 13.9 Å². The van der Waals surface area contributed by atoms with Gasteiger partial charge in [-0.25, -0.2) is 9.36 Å². The molecule has 0 saturated carbocycles. The second-order valence-corrected chi connectivity index (χ2v) is 3.39. The van der Waals surface area contributed by atoms with E-state index in [1.165, 1.54) is 0 Å². The van der Waals surface area contributed by atoms with Crippen LogP contribution in [-0.2, 0) is 16.2 Å². The van der Waals surface area contributed by atoms with E-state index in [2.05, 4.69) is 4.98 Å².